The van der Waals surface area contributed by atoms with Crippen molar-refractivity contribution >= 4 is 21.6 Å². The van der Waals surface area contributed by atoms with Gasteiger partial charge in [-0.3, -0.25) is 9.10 Å². The van der Waals surface area contributed by atoms with Crippen LogP contribution in [0.4, 0.5) is 18.9 Å². The largest absolute Gasteiger partial charge is 0.497 e. The van der Waals surface area contributed by atoms with Crippen LogP contribution in [0, 0.1) is 0 Å². The van der Waals surface area contributed by atoms with Gasteiger partial charge in [0.25, 0.3) is 0 Å². The molecule has 2 rings (SSSR count). The number of carbonyl (C=O) groups excluding carboxylic acids is 1. The Labute approximate surface area is 167 Å². The van der Waals surface area contributed by atoms with Crippen molar-refractivity contribution in [1.82, 2.24) is 4.90 Å². The molecular formula is C19H21F3N2O4S. The lowest BCUT2D eigenvalue weighted by Gasteiger charge is -2.26. The molecule has 2 aromatic carbocycles. The second kappa shape index (κ2) is 8.73. The Morgan fingerprint density at radius 2 is 1.72 bits per heavy atom. The Balaban J connectivity index is 2.20. The van der Waals surface area contributed by atoms with Gasteiger partial charge in [-0.05, 0) is 35.9 Å². The molecule has 0 heterocycles. The first-order chi connectivity index (χ1) is 13.4. The number of sulfonamides is 1. The second-order valence-corrected chi connectivity index (χ2v) is 8.32. The molecule has 0 fully saturated rings. The van der Waals surface area contributed by atoms with E-state index in [-0.39, 0.29) is 12.2 Å². The summed E-state index contributed by atoms with van der Waals surface area (Å²) in [7, 11) is -0.977. The number of ether oxygens (including phenoxy) is 1. The predicted molar refractivity (Wildman–Crippen MR) is 103 cm³/mol. The highest BCUT2D eigenvalue weighted by molar-refractivity contribution is 7.92. The molecule has 0 N–H and O–H groups in total. The number of alkyl halides is 3. The van der Waals surface area contributed by atoms with Crippen molar-refractivity contribution in [2.45, 2.75) is 12.7 Å². The van der Waals surface area contributed by atoms with Crippen LogP contribution in [0.3, 0.4) is 0 Å². The molecular weight excluding hydrogens is 409 g/mol. The summed E-state index contributed by atoms with van der Waals surface area (Å²) in [5, 5.41) is 0. The highest BCUT2D eigenvalue weighted by Crippen LogP contribution is 2.32. The first-order valence-corrected chi connectivity index (χ1v) is 10.3. The van der Waals surface area contributed by atoms with Crippen LogP contribution in [0.5, 0.6) is 5.75 Å². The zero-order chi connectivity index (χ0) is 21.8. The minimum Gasteiger partial charge on any atom is -0.497 e. The lowest BCUT2D eigenvalue weighted by molar-refractivity contribution is -0.137. The molecule has 0 unspecified atom stereocenters. The van der Waals surface area contributed by atoms with E-state index in [9.17, 15) is 26.4 Å². The van der Waals surface area contributed by atoms with E-state index in [1.54, 1.807) is 24.3 Å². The molecule has 6 nitrogen and oxygen atoms in total. The third kappa shape index (κ3) is 6.11. The van der Waals surface area contributed by atoms with Crippen LogP contribution in [0.15, 0.2) is 48.5 Å². The Bertz CT molecular complexity index is 960. The third-order valence-corrected chi connectivity index (χ3v) is 5.29. The molecule has 29 heavy (non-hydrogen) atoms. The fourth-order valence-electron chi connectivity index (χ4n) is 2.57. The molecule has 0 aliphatic carbocycles. The summed E-state index contributed by atoms with van der Waals surface area (Å²) in [6, 6.07) is 10.8. The SMILES string of the molecule is COc1ccc(CN(C)C(=O)CN(c2cccc(C(F)(F)F)c2)S(C)(=O)=O)cc1. The highest BCUT2D eigenvalue weighted by atomic mass is 32.2. The molecule has 1 amide bonds. The van der Waals surface area contributed by atoms with Gasteiger partial charge in [0, 0.05) is 13.6 Å². The molecule has 0 aromatic heterocycles. The van der Waals surface area contributed by atoms with Gasteiger partial charge in [0.05, 0.1) is 24.6 Å². The van der Waals surface area contributed by atoms with Crippen LogP contribution in [-0.2, 0) is 27.5 Å². The second-order valence-electron chi connectivity index (χ2n) is 6.42. The number of hydrogen-bond acceptors (Lipinski definition) is 4. The monoisotopic (exact) mass is 430 g/mol. The standard InChI is InChI=1S/C19H21F3N2O4S/c1-23(12-14-7-9-17(28-2)10-8-14)18(25)13-24(29(3,26)27)16-6-4-5-15(11-16)19(20,21)22/h4-11H,12-13H2,1-3H3. The molecule has 0 radical (unpaired) electrons. The molecule has 158 valence electrons. The number of carbonyl (C=O) groups is 1. The average Bonchev–Trinajstić information content (AvgIpc) is 2.65. The maximum Gasteiger partial charge on any atom is 0.416 e. The average molecular weight is 430 g/mol. The molecule has 0 bridgehead atoms. The maximum atomic E-state index is 13.0. The summed E-state index contributed by atoms with van der Waals surface area (Å²) in [4.78, 5) is 13.9. The van der Waals surface area contributed by atoms with Gasteiger partial charge in [-0.15, -0.1) is 0 Å². The number of halogens is 3. The van der Waals surface area contributed by atoms with Crippen LogP contribution in [0.1, 0.15) is 11.1 Å². The summed E-state index contributed by atoms with van der Waals surface area (Å²) in [5.74, 6) is 0.0826. The lowest BCUT2D eigenvalue weighted by Crippen LogP contribution is -2.41. The number of benzene rings is 2. The molecule has 0 saturated heterocycles. The topological polar surface area (TPSA) is 66.9 Å². The minimum atomic E-state index is -4.63. The molecule has 0 atom stereocenters. The zero-order valence-electron chi connectivity index (χ0n) is 16.1. The van der Waals surface area contributed by atoms with Gasteiger partial charge < -0.3 is 9.64 Å². The van der Waals surface area contributed by atoms with Gasteiger partial charge in [0.2, 0.25) is 15.9 Å². The number of methoxy groups -OCH3 is 1. The van der Waals surface area contributed by atoms with Crippen LogP contribution in [-0.4, -0.2) is 46.2 Å². The van der Waals surface area contributed by atoms with E-state index in [4.69, 9.17) is 4.74 Å². The van der Waals surface area contributed by atoms with Crippen LogP contribution in [0.2, 0.25) is 0 Å². The lowest BCUT2D eigenvalue weighted by atomic mass is 10.2. The smallest absolute Gasteiger partial charge is 0.416 e. The van der Waals surface area contributed by atoms with Gasteiger partial charge in [-0.25, -0.2) is 8.42 Å². The Kier molecular flexibility index (Phi) is 6.78. The minimum absolute atomic E-state index is 0.197. The summed E-state index contributed by atoms with van der Waals surface area (Å²) in [6.07, 6.45) is -3.79. The van der Waals surface area contributed by atoms with Crippen molar-refractivity contribution in [3.63, 3.8) is 0 Å². The predicted octanol–water partition coefficient (Wildman–Crippen LogP) is 3.14. The number of anilines is 1. The van der Waals surface area contributed by atoms with Gasteiger partial charge in [0.1, 0.15) is 12.3 Å². The highest BCUT2D eigenvalue weighted by Gasteiger charge is 2.32. The summed E-state index contributed by atoms with van der Waals surface area (Å²) in [5.41, 5.74) is -0.442. The molecule has 0 aliphatic heterocycles. The normalized spacial score (nSPS) is 11.8. The Hall–Kier alpha value is -2.75. The third-order valence-electron chi connectivity index (χ3n) is 4.15. The van der Waals surface area contributed by atoms with E-state index in [0.29, 0.717) is 16.1 Å². The Morgan fingerprint density at radius 3 is 2.24 bits per heavy atom. The fraction of sp³-hybridized carbons (Fsp3) is 0.316. The van der Waals surface area contributed by atoms with Gasteiger partial charge >= 0.3 is 6.18 Å². The number of amides is 1. The van der Waals surface area contributed by atoms with Gasteiger partial charge in [-0.1, -0.05) is 18.2 Å². The summed E-state index contributed by atoms with van der Waals surface area (Å²) < 4.78 is 68.9. The van der Waals surface area contributed by atoms with E-state index >= 15 is 0 Å². The van der Waals surface area contributed by atoms with E-state index in [0.717, 1.165) is 24.0 Å². The van der Waals surface area contributed by atoms with Gasteiger partial charge in [-0.2, -0.15) is 13.2 Å². The van der Waals surface area contributed by atoms with E-state index < -0.39 is 34.2 Å². The Morgan fingerprint density at radius 1 is 1.10 bits per heavy atom. The van der Waals surface area contributed by atoms with Crippen molar-refractivity contribution < 1.29 is 31.1 Å². The van der Waals surface area contributed by atoms with E-state index in [2.05, 4.69) is 0 Å². The summed E-state index contributed by atoms with van der Waals surface area (Å²) >= 11 is 0. The van der Waals surface area contributed by atoms with Crippen molar-refractivity contribution in [2.75, 3.05) is 31.3 Å². The molecule has 2 aromatic rings. The first-order valence-electron chi connectivity index (χ1n) is 8.43. The number of rotatable bonds is 7. The van der Waals surface area contributed by atoms with Crippen molar-refractivity contribution in [1.29, 1.82) is 0 Å². The molecule has 0 spiro atoms. The van der Waals surface area contributed by atoms with Crippen molar-refractivity contribution in [2.24, 2.45) is 0 Å². The molecule has 0 aliphatic rings. The van der Waals surface area contributed by atoms with Gasteiger partial charge in [0.15, 0.2) is 0 Å². The maximum absolute atomic E-state index is 13.0. The number of likely N-dealkylation sites (N-methyl/N-ethyl adjacent to an activating group) is 1. The fourth-order valence-corrected chi connectivity index (χ4v) is 3.42. The zero-order valence-corrected chi connectivity index (χ0v) is 16.9. The van der Waals surface area contributed by atoms with E-state index in [1.165, 1.54) is 25.1 Å². The quantitative estimate of drug-likeness (QED) is 0.677. The molecule has 0 saturated carbocycles. The first kappa shape index (κ1) is 22.5. The van der Waals surface area contributed by atoms with Crippen molar-refractivity contribution in [3.8, 4) is 5.75 Å². The molecule has 10 heteroatoms. The van der Waals surface area contributed by atoms with Crippen molar-refractivity contribution in [3.05, 3.63) is 59.7 Å². The van der Waals surface area contributed by atoms with Crippen LogP contribution < -0.4 is 9.04 Å². The number of nitrogens with zero attached hydrogens (tertiary/aromatic N) is 2. The van der Waals surface area contributed by atoms with Crippen LogP contribution >= 0.6 is 0 Å². The summed E-state index contributed by atoms with van der Waals surface area (Å²) in [6.45, 7) is -0.421. The van der Waals surface area contributed by atoms with E-state index in [1.807, 2.05) is 0 Å². The number of hydrogen-bond donors (Lipinski definition) is 0. The van der Waals surface area contributed by atoms with Crippen LogP contribution in [0.25, 0.3) is 0 Å².